The van der Waals surface area contributed by atoms with Gasteiger partial charge in [0.05, 0.1) is 0 Å². The quantitative estimate of drug-likeness (QED) is 0.122. The molecule has 0 aliphatic rings. The molecule has 0 nitrogen and oxygen atoms in total. The lowest BCUT2D eigenvalue weighted by molar-refractivity contribution is 1.67. The van der Waals surface area contributed by atoms with Crippen LogP contribution in [0.15, 0.2) is 267 Å². The Kier molecular flexibility index (Phi) is 8.84. The summed E-state index contributed by atoms with van der Waals surface area (Å²) < 4.78 is 0. The van der Waals surface area contributed by atoms with Gasteiger partial charge in [-0.1, -0.05) is 243 Å². The molecular weight excluding hydrogens is 889 g/mol. The topological polar surface area (TPSA) is 0 Å². The summed E-state index contributed by atoms with van der Waals surface area (Å²) >= 11 is 0. The average Bonchev–Trinajstić information content (AvgIpc) is 3.48. The van der Waals surface area contributed by atoms with Crippen LogP contribution in [0.4, 0.5) is 0 Å². The lowest BCUT2D eigenvalue weighted by Gasteiger charge is -2.22. The Morgan fingerprint density at radius 1 is 0.122 bits per heavy atom. The zero-order valence-electron chi connectivity index (χ0n) is 40.4. The number of fused-ring (bicyclic) bond motifs is 13. The third kappa shape index (κ3) is 5.97. The van der Waals surface area contributed by atoms with Crippen molar-refractivity contribution in [2.24, 2.45) is 0 Å². The van der Waals surface area contributed by atoms with Crippen LogP contribution in [0.1, 0.15) is 0 Å². The van der Waals surface area contributed by atoms with Gasteiger partial charge in [-0.3, -0.25) is 0 Å². The van der Waals surface area contributed by atoms with Crippen LogP contribution in [0.3, 0.4) is 0 Å². The third-order valence-electron chi connectivity index (χ3n) is 16.4. The van der Waals surface area contributed by atoms with Crippen molar-refractivity contribution in [1.29, 1.82) is 0 Å². The minimum atomic E-state index is 1.24. The Hall–Kier alpha value is -9.62. The largest absolute Gasteiger partial charge is 0.0616 e. The van der Waals surface area contributed by atoms with Crippen molar-refractivity contribution in [2.75, 3.05) is 0 Å². The van der Waals surface area contributed by atoms with E-state index in [0.717, 1.165) is 0 Å². The van der Waals surface area contributed by atoms with Crippen LogP contribution in [0.5, 0.6) is 0 Å². The SMILES string of the molecule is c1cc(-c2c3ccccc3c(-c3ccc(-c4c5ccccc5c(-c5cccc6cc7c(ccc8ccccc87)cc56)c5ccccc45)c4ccccc34)c3ccccc23)c2cc3ccc4ccccc4c3cc2c1. The zero-order valence-corrected chi connectivity index (χ0v) is 40.4. The highest BCUT2D eigenvalue weighted by Gasteiger charge is 2.23. The molecule has 340 valence electrons. The fourth-order valence-corrected chi connectivity index (χ4v) is 13.1. The van der Waals surface area contributed by atoms with Crippen LogP contribution < -0.4 is 0 Å². The Balaban J connectivity index is 0.925. The van der Waals surface area contributed by atoms with Gasteiger partial charge in [0, 0.05) is 0 Å². The number of hydrogen-bond donors (Lipinski definition) is 0. The standard InChI is InChI=1S/C74H44/c1-3-21-51-45(17-1)35-37-49-43-69-47(41-67(49)51)19-15-33-63(69)71-55-25-7-11-29-59(55)73(60-30-12-8-26-56(60)71)65-39-40-66(54-24-6-5-23-53(54)65)74-61-31-13-9-27-57(61)72(58-28-10-14-32-62(58)74)64-34-16-20-48-42-68-50(44-70(48)64)38-36-46-18-2-4-22-52(46)68/h1-44H. The molecule has 16 rings (SSSR count). The molecule has 0 spiro atoms. The monoisotopic (exact) mass is 932 g/mol. The fraction of sp³-hybridized carbons (Fsp3) is 0. The van der Waals surface area contributed by atoms with Crippen LogP contribution in [-0.2, 0) is 0 Å². The van der Waals surface area contributed by atoms with Gasteiger partial charge in [0.2, 0.25) is 0 Å². The second-order valence-electron chi connectivity index (χ2n) is 20.2. The Labute approximate surface area is 427 Å². The highest BCUT2D eigenvalue weighted by Crippen LogP contribution is 2.51. The van der Waals surface area contributed by atoms with E-state index in [1.165, 1.54) is 163 Å². The highest BCUT2D eigenvalue weighted by molar-refractivity contribution is 6.29. The minimum absolute atomic E-state index is 1.24. The van der Waals surface area contributed by atoms with E-state index in [2.05, 4.69) is 267 Å². The van der Waals surface area contributed by atoms with Crippen molar-refractivity contribution in [3.05, 3.63) is 267 Å². The van der Waals surface area contributed by atoms with Crippen LogP contribution in [0.25, 0.3) is 163 Å². The van der Waals surface area contributed by atoms with E-state index in [-0.39, 0.29) is 0 Å². The molecule has 16 aromatic rings. The molecule has 0 heteroatoms. The van der Waals surface area contributed by atoms with Gasteiger partial charge >= 0.3 is 0 Å². The summed E-state index contributed by atoms with van der Waals surface area (Å²) in [6, 6.07) is 100. The minimum Gasteiger partial charge on any atom is -0.0616 e. The second-order valence-corrected chi connectivity index (χ2v) is 20.2. The van der Waals surface area contributed by atoms with Gasteiger partial charge in [0.15, 0.2) is 0 Å². The Morgan fingerprint density at radius 2 is 0.351 bits per heavy atom. The molecule has 0 heterocycles. The molecule has 0 radical (unpaired) electrons. The molecule has 0 saturated carbocycles. The first-order chi connectivity index (χ1) is 36.7. The first kappa shape index (κ1) is 41.0. The number of hydrogen-bond acceptors (Lipinski definition) is 0. The van der Waals surface area contributed by atoms with Gasteiger partial charge in [0.1, 0.15) is 0 Å². The predicted octanol–water partition coefficient (Wildman–Crippen LogP) is 21.0. The second kappa shape index (κ2) is 15.9. The van der Waals surface area contributed by atoms with Gasteiger partial charge in [-0.2, -0.15) is 0 Å². The van der Waals surface area contributed by atoms with E-state index in [4.69, 9.17) is 0 Å². The van der Waals surface area contributed by atoms with Gasteiger partial charge in [-0.25, -0.2) is 0 Å². The third-order valence-corrected chi connectivity index (χ3v) is 16.4. The summed E-state index contributed by atoms with van der Waals surface area (Å²) in [5.41, 5.74) is 10.1. The fourth-order valence-electron chi connectivity index (χ4n) is 13.1. The molecule has 16 aromatic carbocycles. The molecule has 0 aliphatic carbocycles. The predicted molar refractivity (Wildman–Crippen MR) is 321 cm³/mol. The first-order valence-corrected chi connectivity index (χ1v) is 25.8. The maximum atomic E-state index is 2.42. The van der Waals surface area contributed by atoms with E-state index < -0.39 is 0 Å². The molecule has 74 heavy (non-hydrogen) atoms. The van der Waals surface area contributed by atoms with E-state index in [1.807, 2.05) is 0 Å². The van der Waals surface area contributed by atoms with Crippen LogP contribution in [0, 0.1) is 0 Å². The van der Waals surface area contributed by atoms with Crippen molar-refractivity contribution < 1.29 is 0 Å². The van der Waals surface area contributed by atoms with Crippen molar-refractivity contribution >= 4 is 118 Å². The molecule has 0 amide bonds. The summed E-state index contributed by atoms with van der Waals surface area (Å²) in [5.74, 6) is 0. The van der Waals surface area contributed by atoms with Crippen LogP contribution >= 0.6 is 0 Å². The first-order valence-electron chi connectivity index (χ1n) is 25.8. The number of benzene rings is 16. The number of rotatable bonds is 4. The Morgan fingerprint density at radius 3 is 0.689 bits per heavy atom. The van der Waals surface area contributed by atoms with Gasteiger partial charge in [-0.05, 0) is 187 Å². The average molecular weight is 933 g/mol. The Bertz CT molecular complexity index is 4640. The smallest absolute Gasteiger partial charge is 0.00201 e. The van der Waals surface area contributed by atoms with Crippen molar-refractivity contribution in [2.45, 2.75) is 0 Å². The van der Waals surface area contributed by atoms with Crippen molar-refractivity contribution in [3.8, 4) is 44.5 Å². The molecule has 0 N–H and O–H groups in total. The van der Waals surface area contributed by atoms with Crippen molar-refractivity contribution in [3.63, 3.8) is 0 Å². The van der Waals surface area contributed by atoms with Gasteiger partial charge < -0.3 is 0 Å². The maximum absolute atomic E-state index is 2.42. The lowest BCUT2D eigenvalue weighted by atomic mass is 9.81. The van der Waals surface area contributed by atoms with Gasteiger partial charge in [-0.15, -0.1) is 0 Å². The van der Waals surface area contributed by atoms with Crippen LogP contribution in [0.2, 0.25) is 0 Å². The van der Waals surface area contributed by atoms with Crippen molar-refractivity contribution in [1.82, 2.24) is 0 Å². The normalized spacial score (nSPS) is 12.1. The molecule has 0 fully saturated rings. The maximum Gasteiger partial charge on any atom is -0.00201 e. The molecule has 0 saturated heterocycles. The molecule has 0 unspecified atom stereocenters. The summed E-state index contributed by atoms with van der Waals surface area (Å²) in [5, 5.41) is 27.7. The molecule has 0 bridgehead atoms. The summed E-state index contributed by atoms with van der Waals surface area (Å²) in [7, 11) is 0. The highest BCUT2D eigenvalue weighted by atomic mass is 14.3. The summed E-state index contributed by atoms with van der Waals surface area (Å²) in [6.07, 6.45) is 0. The molecule has 0 atom stereocenters. The lowest BCUT2D eigenvalue weighted by Crippen LogP contribution is -1.94. The summed E-state index contributed by atoms with van der Waals surface area (Å²) in [4.78, 5) is 0. The van der Waals surface area contributed by atoms with E-state index >= 15 is 0 Å². The van der Waals surface area contributed by atoms with E-state index in [1.54, 1.807) is 0 Å². The zero-order chi connectivity index (χ0) is 48.4. The van der Waals surface area contributed by atoms with Gasteiger partial charge in [0.25, 0.3) is 0 Å². The molecule has 0 aliphatic heterocycles. The molecule has 0 aromatic heterocycles. The van der Waals surface area contributed by atoms with E-state index in [9.17, 15) is 0 Å². The van der Waals surface area contributed by atoms with Crippen LogP contribution in [-0.4, -0.2) is 0 Å². The summed E-state index contributed by atoms with van der Waals surface area (Å²) in [6.45, 7) is 0. The van der Waals surface area contributed by atoms with E-state index in [0.29, 0.717) is 0 Å². The molecular formula is C74H44.